The van der Waals surface area contributed by atoms with E-state index in [-0.39, 0.29) is 23.8 Å². The van der Waals surface area contributed by atoms with Gasteiger partial charge in [0.25, 0.3) is 0 Å². The van der Waals surface area contributed by atoms with Crippen LogP contribution < -0.4 is 4.74 Å². The van der Waals surface area contributed by atoms with Crippen LogP contribution >= 0.6 is 0 Å². The summed E-state index contributed by atoms with van der Waals surface area (Å²) < 4.78 is 25.3. The zero-order valence-electron chi connectivity index (χ0n) is 17.4. The number of carbonyl (C=O) groups excluding carboxylic acids is 1. The van der Waals surface area contributed by atoms with Crippen LogP contribution in [0.4, 0.5) is 4.39 Å². The first-order valence-corrected chi connectivity index (χ1v) is 11.2. The molecule has 1 saturated heterocycles. The molecule has 0 spiro atoms. The van der Waals surface area contributed by atoms with Crippen LogP contribution in [0.1, 0.15) is 89.5 Å². The molecule has 0 amide bonds. The van der Waals surface area contributed by atoms with Crippen LogP contribution in [0.25, 0.3) is 0 Å². The lowest BCUT2D eigenvalue weighted by atomic mass is 9.75. The van der Waals surface area contributed by atoms with Crippen LogP contribution in [-0.4, -0.2) is 18.7 Å². The molecule has 2 fully saturated rings. The Labute approximate surface area is 169 Å². The third-order valence-electron chi connectivity index (χ3n) is 6.58. The highest BCUT2D eigenvalue weighted by Crippen LogP contribution is 2.41. The Bertz CT molecular complexity index is 637. The van der Waals surface area contributed by atoms with E-state index in [1.54, 1.807) is 12.1 Å². The molecule has 1 aromatic rings. The van der Waals surface area contributed by atoms with Crippen molar-refractivity contribution >= 4 is 5.97 Å². The van der Waals surface area contributed by atoms with Crippen LogP contribution in [0.2, 0.25) is 0 Å². The molecule has 28 heavy (non-hydrogen) atoms. The lowest BCUT2D eigenvalue weighted by Crippen LogP contribution is -2.37. The summed E-state index contributed by atoms with van der Waals surface area (Å²) in [5.41, 5.74) is 1.07. The van der Waals surface area contributed by atoms with E-state index in [0.29, 0.717) is 24.2 Å². The number of halogens is 1. The Balaban J connectivity index is 1.48. The summed E-state index contributed by atoms with van der Waals surface area (Å²) in [6.07, 6.45) is 10.8. The Morgan fingerprint density at radius 2 is 1.86 bits per heavy atom. The van der Waals surface area contributed by atoms with Gasteiger partial charge in [-0.2, -0.15) is 0 Å². The highest BCUT2D eigenvalue weighted by Gasteiger charge is 2.36. The van der Waals surface area contributed by atoms with Gasteiger partial charge in [-0.05, 0) is 81.4 Å². The van der Waals surface area contributed by atoms with E-state index in [1.165, 1.54) is 12.8 Å². The topological polar surface area (TPSA) is 35.5 Å². The van der Waals surface area contributed by atoms with Crippen molar-refractivity contribution in [3.05, 3.63) is 29.6 Å². The van der Waals surface area contributed by atoms with Crippen LogP contribution in [0.3, 0.4) is 0 Å². The molecule has 0 radical (unpaired) electrons. The van der Waals surface area contributed by atoms with Gasteiger partial charge in [0.2, 0.25) is 0 Å². The summed E-state index contributed by atoms with van der Waals surface area (Å²) >= 11 is 0. The molecule has 2 unspecified atom stereocenters. The van der Waals surface area contributed by atoms with Crippen molar-refractivity contribution in [2.75, 3.05) is 6.61 Å². The maximum Gasteiger partial charge on any atom is 0.309 e. The number of benzene rings is 1. The van der Waals surface area contributed by atoms with Gasteiger partial charge >= 0.3 is 5.97 Å². The monoisotopic (exact) mass is 390 g/mol. The van der Waals surface area contributed by atoms with Gasteiger partial charge in [-0.3, -0.25) is 4.79 Å². The van der Waals surface area contributed by atoms with E-state index < -0.39 is 0 Å². The summed E-state index contributed by atoms with van der Waals surface area (Å²) in [5.74, 6) is 1.07. The fraction of sp³-hybridized carbons (Fsp3) is 0.708. The summed E-state index contributed by atoms with van der Waals surface area (Å²) in [6, 6.07) is 5.39. The van der Waals surface area contributed by atoms with Gasteiger partial charge in [0.1, 0.15) is 6.10 Å². The highest BCUT2D eigenvalue weighted by molar-refractivity contribution is 5.73. The molecule has 1 aliphatic carbocycles. The number of carbonyl (C=O) groups is 1. The molecule has 4 heteroatoms. The number of hydrogen-bond acceptors (Lipinski definition) is 3. The minimum atomic E-state index is -0.267. The van der Waals surface area contributed by atoms with Crippen molar-refractivity contribution in [1.82, 2.24) is 0 Å². The van der Waals surface area contributed by atoms with Gasteiger partial charge in [-0.1, -0.05) is 32.3 Å². The third kappa shape index (κ3) is 5.27. The van der Waals surface area contributed by atoms with E-state index in [0.717, 1.165) is 56.9 Å². The van der Waals surface area contributed by atoms with E-state index >= 15 is 0 Å². The molecule has 2 aliphatic rings. The van der Waals surface area contributed by atoms with Crippen molar-refractivity contribution in [3.63, 3.8) is 0 Å². The van der Waals surface area contributed by atoms with Crippen LogP contribution in [0.5, 0.6) is 5.75 Å². The minimum absolute atomic E-state index is 0.0306. The van der Waals surface area contributed by atoms with E-state index in [9.17, 15) is 9.18 Å². The second-order valence-corrected chi connectivity index (χ2v) is 8.48. The zero-order valence-corrected chi connectivity index (χ0v) is 17.4. The largest absolute Gasteiger partial charge is 0.491 e. The number of rotatable bonds is 8. The van der Waals surface area contributed by atoms with Gasteiger partial charge in [-0.25, -0.2) is 4.39 Å². The molecule has 156 valence electrons. The molecular formula is C24H35FO3. The summed E-state index contributed by atoms with van der Waals surface area (Å²) in [7, 11) is 0. The molecule has 1 heterocycles. The maximum absolute atomic E-state index is 14.2. The Morgan fingerprint density at radius 3 is 2.50 bits per heavy atom. The lowest BCUT2D eigenvalue weighted by Gasteiger charge is -2.37. The Hall–Kier alpha value is -1.58. The molecule has 0 bridgehead atoms. The smallest absolute Gasteiger partial charge is 0.309 e. The normalized spacial score (nSPS) is 28.0. The summed E-state index contributed by atoms with van der Waals surface area (Å²) in [6.45, 7) is 4.52. The van der Waals surface area contributed by atoms with Gasteiger partial charge in [0.05, 0.1) is 12.5 Å². The zero-order chi connectivity index (χ0) is 19.9. The minimum Gasteiger partial charge on any atom is -0.491 e. The molecule has 0 N–H and O–H groups in total. The number of unbranched alkanes of at least 4 members (excludes halogenated alkanes) is 2. The third-order valence-corrected chi connectivity index (χ3v) is 6.58. The van der Waals surface area contributed by atoms with E-state index in [4.69, 9.17) is 9.47 Å². The van der Waals surface area contributed by atoms with Gasteiger partial charge < -0.3 is 9.47 Å². The quantitative estimate of drug-likeness (QED) is 0.380. The number of ether oxygens (including phenoxy) is 2. The molecule has 3 rings (SSSR count). The Kier molecular flexibility index (Phi) is 7.75. The van der Waals surface area contributed by atoms with Crippen molar-refractivity contribution < 1.29 is 18.7 Å². The number of hydrogen-bond donors (Lipinski definition) is 0. The molecule has 2 atom stereocenters. The predicted molar refractivity (Wildman–Crippen MR) is 109 cm³/mol. The van der Waals surface area contributed by atoms with Crippen molar-refractivity contribution in [3.8, 4) is 5.75 Å². The second kappa shape index (κ2) is 10.3. The second-order valence-electron chi connectivity index (χ2n) is 8.48. The van der Waals surface area contributed by atoms with Gasteiger partial charge in [-0.15, -0.1) is 0 Å². The van der Waals surface area contributed by atoms with Crippen molar-refractivity contribution in [2.24, 2.45) is 11.8 Å². The van der Waals surface area contributed by atoms with Gasteiger partial charge in [0.15, 0.2) is 11.6 Å². The molecule has 0 aromatic heterocycles. The molecule has 1 aromatic carbocycles. The van der Waals surface area contributed by atoms with Gasteiger partial charge in [0, 0.05) is 0 Å². The first-order valence-electron chi connectivity index (χ1n) is 11.2. The standard InChI is InChI=1S/C24H35FO3/c1-3-5-6-7-19-12-14-22(28-24(19)26)18-10-8-17(9-11-18)20-13-15-23(27-4-2)21(25)16-20/h13,15-19,22H,3-12,14H2,1-2H3. The maximum atomic E-state index is 14.2. The first-order chi connectivity index (χ1) is 13.6. The molecule has 1 saturated carbocycles. The molecular weight excluding hydrogens is 355 g/mol. The average Bonchev–Trinajstić information content (AvgIpc) is 2.71. The van der Waals surface area contributed by atoms with E-state index in [1.807, 2.05) is 13.0 Å². The average molecular weight is 391 g/mol. The van der Waals surface area contributed by atoms with Crippen molar-refractivity contribution in [1.29, 1.82) is 0 Å². The summed E-state index contributed by atoms with van der Waals surface area (Å²) in [4.78, 5) is 12.4. The number of esters is 1. The molecule has 1 aliphatic heterocycles. The molecule has 3 nitrogen and oxygen atoms in total. The van der Waals surface area contributed by atoms with Crippen molar-refractivity contribution in [2.45, 2.75) is 90.1 Å². The van der Waals surface area contributed by atoms with E-state index in [2.05, 4.69) is 6.92 Å². The SMILES string of the molecule is CCCCCC1CCC(C2CCC(c3ccc(OCC)c(F)c3)CC2)OC1=O. The first kappa shape index (κ1) is 21.1. The van der Waals surface area contributed by atoms with Crippen LogP contribution in [-0.2, 0) is 9.53 Å². The fourth-order valence-electron chi connectivity index (χ4n) is 4.89. The highest BCUT2D eigenvalue weighted by atomic mass is 19.1. The summed E-state index contributed by atoms with van der Waals surface area (Å²) in [5, 5.41) is 0. The van der Waals surface area contributed by atoms with Crippen LogP contribution in [0, 0.1) is 17.7 Å². The van der Waals surface area contributed by atoms with Crippen LogP contribution in [0.15, 0.2) is 18.2 Å². The fourth-order valence-corrected chi connectivity index (χ4v) is 4.89. The predicted octanol–water partition coefficient (Wildman–Crippen LogP) is 6.40. The Morgan fingerprint density at radius 1 is 1.07 bits per heavy atom. The number of cyclic esters (lactones) is 1. The lowest BCUT2D eigenvalue weighted by molar-refractivity contribution is -0.165.